The first-order valence-corrected chi connectivity index (χ1v) is 8.14. The standard InChI is InChI=1S/C16H18F5N3O2.2ClH/c17-15(18)7-13(22-9-15)14(25)23-10-4-5-24(8-10)11-2-1-3-12(6-11)26-16(19,20)21;;/h1-3,6,10,13,22H,4-5,7-9H2,(H,23,25);2*1H. The molecule has 1 amide bonds. The van der Waals surface area contributed by atoms with Crippen molar-refractivity contribution in [2.75, 3.05) is 24.5 Å². The zero-order valence-corrected chi connectivity index (χ0v) is 16.1. The first-order valence-electron chi connectivity index (χ1n) is 8.14. The molecule has 2 unspecified atom stereocenters. The maximum atomic E-state index is 13.2. The number of amides is 1. The minimum absolute atomic E-state index is 0. The van der Waals surface area contributed by atoms with Crippen LogP contribution >= 0.6 is 24.8 Å². The van der Waals surface area contributed by atoms with Crippen LogP contribution in [0.25, 0.3) is 0 Å². The van der Waals surface area contributed by atoms with Gasteiger partial charge in [0, 0.05) is 37.3 Å². The van der Waals surface area contributed by atoms with E-state index in [9.17, 15) is 26.7 Å². The minimum atomic E-state index is -4.77. The summed E-state index contributed by atoms with van der Waals surface area (Å²) in [6.07, 6.45) is -4.73. The Kier molecular flexibility index (Phi) is 8.16. The SMILES string of the molecule is Cl.Cl.O=C(NC1CCN(c2cccc(OC(F)(F)F)c2)C1)C1CC(F)(F)CN1. The summed E-state index contributed by atoms with van der Waals surface area (Å²) < 4.78 is 67.2. The van der Waals surface area contributed by atoms with Crippen LogP contribution < -0.4 is 20.3 Å². The number of hydrogen-bond donors (Lipinski definition) is 2. The normalized spacial score (nSPS) is 23.5. The number of benzene rings is 1. The summed E-state index contributed by atoms with van der Waals surface area (Å²) in [6, 6.07) is 4.39. The average Bonchev–Trinajstić information content (AvgIpc) is 3.12. The van der Waals surface area contributed by atoms with Crippen molar-refractivity contribution >= 4 is 36.4 Å². The number of carbonyl (C=O) groups is 1. The fourth-order valence-corrected chi connectivity index (χ4v) is 3.19. The molecule has 3 rings (SSSR count). The smallest absolute Gasteiger partial charge is 0.406 e. The van der Waals surface area contributed by atoms with E-state index >= 15 is 0 Å². The lowest BCUT2D eigenvalue weighted by molar-refractivity contribution is -0.274. The molecule has 2 atom stereocenters. The van der Waals surface area contributed by atoms with Crippen molar-refractivity contribution in [3.63, 3.8) is 0 Å². The third-order valence-electron chi connectivity index (χ3n) is 4.38. The van der Waals surface area contributed by atoms with Crippen LogP contribution in [-0.4, -0.2) is 49.9 Å². The number of alkyl halides is 5. The molecular formula is C16H20Cl2F5N3O2. The van der Waals surface area contributed by atoms with Crippen LogP contribution in [0.5, 0.6) is 5.75 Å². The minimum Gasteiger partial charge on any atom is -0.406 e. The number of halogens is 7. The van der Waals surface area contributed by atoms with Gasteiger partial charge in [-0.3, -0.25) is 10.1 Å². The highest BCUT2D eigenvalue weighted by Gasteiger charge is 2.43. The molecule has 5 nitrogen and oxygen atoms in total. The first-order chi connectivity index (χ1) is 12.1. The molecule has 1 aromatic carbocycles. The van der Waals surface area contributed by atoms with E-state index < -0.39 is 37.2 Å². The van der Waals surface area contributed by atoms with Crippen LogP contribution in [0.4, 0.5) is 27.6 Å². The maximum absolute atomic E-state index is 13.2. The van der Waals surface area contributed by atoms with Crippen LogP contribution in [-0.2, 0) is 4.79 Å². The molecule has 12 heteroatoms. The average molecular weight is 452 g/mol. The van der Waals surface area contributed by atoms with E-state index in [0.717, 1.165) is 0 Å². The van der Waals surface area contributed by atoms with E-state index in [2.05, 4.69) is 15.4 Å². The van der Waals surface area contributed by atoms with Gasteiger partial charge in [-0.15, -0.1) is 38.0 Å². The Bertz CT molecular complexity index is 678. The fourth-order valence-electron chi connectivity index (χ4n) is 3.19. The number of anilines is 1. The Morgan fingerprint density at radius 1 is 1.29 bits per heavy atom. The van der Waals surface area contributed by atoms with Gasteiger partial charge in [-0.2, -0.15) is 0 Å². The van der Waals surface area contributed by atoms with Crippen molar-refractivity contribution in [1.29, 1.82) is 0 Å². The molecular weight excluding hydrogens is 432 g/mol. The highest BCUT2D eigenvalue weighted by atomic mass is 35.5. The summed E-state index contributed by atoms with van der Waals surface area (Å²) >= 11 is 0. The zero-order chi connectivity index (χ0) is 18.9. The molecule has 0 saturated carbocycles. The van der Waals surface area contributed by atoms with E-state index in [-0.39, 0.29) is 36.6 Å². The third kappa shape index (κ3) is 6.52. The lowest BCUT2D eigenvalue weighted by Gasteiger charge is -2.21. The molecule has 2 N–H and O–H groups in total. The number of carbonyl (C=O) groups excluding carboxylic acids is 1. The molecule has 2 fully saturated rings. The highest BCUT2D eigenvalue weighted by Crippen LogP contribution is 2.29. The molecule has 0 aliphatic carbocycles. The van der Waals surface area contributed by atoms with E-state index in [1.165, 1.54) is 18.2 Å². The predicted molar refractivity (Wildman–Crippen MR) is 97.7 cm³/mol. The Morgan fingerprint density at radius 2 is 2.00 bits per heavy atom. The highest BCUT2D eigenvalue weighted by molar-refractivity contribution is 5.85. The van der Waals surface area contributed by atoms with Crippen molar-refractivity contribution in [3.05, 3.63) is 24.3 Å². The van der Waals surface area contributed by atoms with Crippen molar-refractivity contribution in [1.82, 2.24) is 10.6 Å². The maximum Gasteiger partial charge on any atom is 0.573 e. The van der Waals surface area contributed by atoms with Gasteiger partial charge in [-0.25, -0.2) is 8.78 Å². The van der Waals surface area contributed by atoms with Gasteiger partial charge < -0.3 is 15.0 Å². The van der Waals surface area contributed by atoms with Crippen molar-refractivity contribution in [2.24, 2.45) is 0 Å². The van der Waals surface area contributed by atoms with Gasteiger partial charge >= 0.3 is 6.36 Å². The number of rotatable bonds is 4. The molecule has 160 valence electrons. The zero-order valence-electron chi connectivity index (χ0n) is 14.5. The summed E-state index contributed by atoms with van der Waals surface area (Å²) in [6.45, 7) is 0.382. The molecule has 0 aromatic heterocycles. The van der Waals surface area contributed by atoms with Gasteiger partial charge in [0.15, 0.2) is 0 Å². The van der Waals surface area contributed by atoms with Gasteiger partial charge in [0.25, 0.3) is 5.92 Å². The van der Waals surface area contributed by atoms with Crippen LogP contribution in [0.1, 0.15) is 12.8 Å². The second-order valence-electron chi connectivity index (χ2n) is 6.48. The Balaban J connectivity index is 0.00000196. The third-order valence-corrected chi connectivity index (χ3v) is 4.38. The molecule has 2 heterocycles. The predicted octanol–water partition coefficient (Wildman–Crippen LogP) is 3.12. The number of hydrogen-bond acceptors (Lipinski definition) is 4. The lowest BCUT2D eigenvalue weighted by Crippen LogP contribution is -2.46. The second-order valence-corrected chi connectivity index (χ2v) is 6.48. The van der Waals surface area contributed by atoms with Crippen LogP contribution in [0.15, 0.2) is 24.3 Å². The molecule has 2 aliphatic heterocycles. The molecule has 0 bridgehead atoms. The van der Waals surface area contributed by atoms with Gasteiger partial charge in [0.2, 0.25) is 5.91 Å². The van der Waals surface area contributed by atoms with Gasteiger partial charge in [0.05, 0.1) is 12.6 Å². The Hall–Kier alpha value is -1.52. The molecule has 1 aromatic rings. The molecule has 2 aliphatic rings. The summed E-state index contributed by atoms with van der Waals surface area (Å²) in [7, 11) is 0. The number of nitrogens with zero attached hydrogens (tertiary/aromatic N) is 1. The molecule has 28 heavy (non-hydrogen) atoms. The summed E-state index contributed by atoms with van der Waals surface area (Å²) in [5, 5.41) is 5.22. The van der Waals surface area contributed by atoms with Crippen LogP contribution in [0.3, 0.4) is 0 Å². The Labute approximate surface area is 170 Å². The topological polar surface area (TPSA) is 53.6 Å². The van der Waals surface area contributed by atoms with E-state index in [4.69, 9.17) is 0 Å². The van der Waals surface area contributed by atoms with E-state index in [1.54, 1.807) is 6.07 Å². The number of ether oxygens (including phenoxy) is 1. The van der Waals surface area contributed by atoms with Crippen LogP contribution in [0.2, 0.25) is 0 Å². The fraction of sp³-hybridized carbons (Fsp3) is 0.562. The van der Waals surface area contributed by atoms with Crippen molar-refractivity contribution in [2.45, 2.75) is 37.2 Å². The van der Waals surface area contributed by atoms with Gasteiger partial charge in [-0.05, 0) is 18.6 Å². The van der Waals surface area contributed by atoms with Gasteiger partial charge in [-0.1, -0.05) is 6.07 Å². The molecule has 0 radical (unpaired) electrons. The lowest BCUT2D eigenvalue weighted by atomic mass is 10.1. The second kappa shape index (κ2) is 9.32. The largest absolute Gasteiger partial charge is 0.573 e. The Morgan fingerprint density at radius 3 is 2.61 bits per heavy atom. The van der Waals surface area contributed by atoms with E-state index in [0.29, 0.717) is 25.2 Å². The molecule has 0 spiro atoms. The van der Waals surface area contributed by atoms with Crippen molar-refractivity contribution in [3.8, 4) is 5.75 Å². The van der Waals surface area contributed by atoms with Crippen LogP contribution in [0, 0.1) is 0 Å². The summed E-state index contributed by atoms with van der Waals surface area (Å²) in [5.74, 6) is -3.69. The molecule has 2 saturated heterocycles. The first kappa shape index (κ1) is 24.5. The number of nitrogens with one attached hydrogen (secondary N) is 2. The monoisotopic (exact) mass is 451 g/mol. The van der Waals surface area contributed by atoms with Gasteiger partial charge in [0.1, 0.15) is 5.75 Å². The van der Waals surface area contributed by atoms with Crippen molar-refractivity contribution < 1.29 is 31.5 Å². The summed E-state index contributed by atoms with van der Waals surface area (Å²) in [4.78, 5) is 13.9. The van der Waals surface area contributed by atoms with E-state index in [1.807, 2.05) is 4.90 Å². The quantitative estimate of drug-likeness (QED) is 0.690. The summed E-state index contributed by atoms with van der Waals surface area (Å²) in [5.41, 5.74) is 0.536.